The molecule has 0 heterocycles. The zero-order valence-corrected chi connectivity index (χ0v) is 11.9. The molecule has 20 heavy (non-hydrogen) atoms. The summed E-state index contributed by atoms with van der Waals surface area (Å²) in [4.78, 5) is 0. The van der Waals surface area contributed by atoms with E-state index in [1.54, 1.807) is 0 Å². The van der Waals surface area contributed by atoms with Gasteiger partial charge in [-0.3, -0.25) is 0 Å². The van der Waals surface area contributed by atoms with Crippen LogP contribution in [0.4, 0.5) is 0 Å². The lowest BCUT2D eigenvalue weighted by Gasteiger charge is -2.29. The van der Waals surface area contributed by atoms with E-state index in [0.29, 0.717) is 11.8 Å². The molecule has 2 aromatic rings. The van der Waals surface area contributed by atoms with Crippen LogP contribution in [-0.4, -0.2) is 0 Å². The van der Waals surface area contributed by atoms with Gasteiger partial charge in [0.25, 0.3) is 0 Å². The molecule has 0 amide bonds. The third-order valence-electron chi connectivity index (χ3n) is 5.11. The molecule has 1 fully saturated rings. The van der Waals surface area contributed by atoms with Crippen LogP contribution in [0.5, 0.6) is 0 Å². The Bertz CT molecular complexity index is 621. The number of fused-ring (bicyclic) bond motifs is 2. The van der Waals surface area contributed by atoms with Crippen LogP contribution in [-0.2, 0) is 0 Å². The Labute approximate surface area is 121 Å². The van der Waals surface area contributed by atoms with Crippen LogP contribution in [0.2, 0.25) is 0 Å². The second-order valence-electron chi connectivity index (χ2n) is 6.32. The number of aryl methyl sites for hydroxylation is 1. The molecule has 0 nitrogen and oxygen atoms in total. The van der Waals surface area contributed by atoms with E-state index in [2.05, 4.69) is 73.7 Å². The first kappa shape index (κ1) is 12.0. The fourth-order valence-electron chi connectivity index (χ4n) is 4.20. The van der Waals surface area contributed by atoms with Crippen molar-refractivity contribution in [3.05, 3.63) is 83.4 Å². The van der Waals surface area contributed by atoms with Crippen molar-refractivity contribution in [1.29, 1.82) is 0 Å². The molecule has 0 spiro atoms. The second-order valence-corrected chi connectivity index (χ2v) is 6.32. The summed E-state index contributed by atoms with van der Waals surface area (Å²) in [6, 6.07) is 20.3. The number of rotatable bonds is 2. The van der Waals surface area contributed by atoms with Crippen molar-refractivity contribution < 1.29 is 0 Å². The van der Waals surface area contributed by atoms with Crippen molar-refractivity contribution in [2.45, 2.75) is 25.2 Å². The monoisotopic (exact) mass is 260 g/mol. The molecule has 1 saturated carbocycles. The van der Waals surface area contributed by atoms with E-state index in [-0.39, 0.29) is 0 Å². The summed E-state index contributed by atoms with van der Waals surface area (Å²) >= 11 is 0. The maximum atomic E-state index is 2.45. The molecule has 0 aliphatic heterocycles. The summed E-state index contributed by atoms with van der Waals surface area (Å²) in [7, 11) is 0. The quantitative estimate of drug-likeness (QED) is 0.661. The largest absolute Gasteiger partial charge is 0.0845 e. The van der Waals surface area contributed by atoms with Crippen LogP contribution in [0.15, 0.2) is 66.7 Å². The van der Waals surface area contributed by atoms with Gasteiger partial charge in [0.1, 0.15) is 0 Å². The van der Waals surface area contributed by atoms with E-state index < -0.39 is 0 Å². The van der Waals surface area contributed by atoms with Crippen LogP contribution >= 0.6 is 0 Å². The molecule has 0 aromatic heterocycles. The van der Waals surface area contributed by atoms with Crippen molar-refractivity contribution in [3.63, 3.8) is 0 Å². The highest BCUT2D eigenvalue weighted by molar-refractivity contribution is 5.38. The average molecular weight is 260 g/mol. The molecule has 0 N–H and O–H groups in total. The van der Waals surface area contributed by atoms with Crippen LogP contribution < -0.4 is 0 Å². The third-order valence-corrected chi connectivity index (χ3v) is 5.11. The minimum atomic E-state index is 0.660. The van der Waals surface area contributed by atoms with Crippen LogP contribution in [0, 0.1) is 18.8 Å². The van der Waals surface area contributed by atoms with Gasteiger partial charge in [0.05, 0.1) is 0 Å². The Balaban J connectivity index is 1.77. The summed E-state index contributed by atoms with van der Waals surface area (Å²) in [5.41, 5.74) is 4.37. The van der Waals surface area contributed by atoms with Gasteiger partial charge in [-0.25, -0.2) is 0 Å². The fourth-order valence-corrected chi connectivity index (χ4v) is 4.20. The lowest BCUT2D eigenvalue weighted by atomic mass is 9.75. The zero-order chi connectivity index (χ0) is 13.5. The average Bonchev–Trinajstić information content (AvgIpc) is 3.10. The minimum absolute atomic E-state index is 0.660. The van der Waals surface area contributed by atoms with Gasteiger partial charge in [0.2, 0.25) is 0 Å². The first-order valence-electron chi connectivity index (χ1n) is 7.63. The predicted octanol–water partition coefficient (Wildman–Crippen LogP) is 5.07. The van der Waals surface area contributed by atoms with E-state index in [4.69, 9.17) is 0 Å². The molecule has 2 aromatic carbocycles. The van der Waals surface area contributed by atoms with Crippen molar-refractivity contribution in [3.8, 4) is 0 Å². The van der Waals surface area contributed by atoms with E-state index in [0.717, 1.165) is 11.8 Å². The zero-order valence-electron chi connectivity index (χ0n) is 11.9. The van der Waals surface area contributed by atoms with Gasteiger partial charge in [-0.05, 0) is 48.1 Å². The lowest BCUT2D eigenvalue weighted by Crippen LogP contribution is -2.16. The topological polar surface area (TPSA) is 0 Å². The smallest absolute Gasteiger partial charge is 0.00243 e. The molecule has 4 atom stereocenters. The van der Waals surface area contributed by atoms with Gasteiger partial charge in [-0.2, -0.15) is 0 Å². The summed E-state index contributed by atoms with van der Waals surface area (Å²) in [6.45, 7) is 2.17. The summed E-state index contributed by atoms with van der Waals surface area (Å²) in [5, 5.41) is 0. The number of hydrogen-bond acceptors (Lipinski definition) is 0. The summed E-state index contributed by atoms with van der Waals surface area (Å²) in [6.07, 6.45) is 6.24. The Morgan fingerprint density at radius 2 is 1.25 bits per heavy atom. The predicted molar refractivity (Wildman–Crippen MR) is 83.8 cm³/mol. The maximum absolute atomic E-state index is 2.45. The van der Waals surface area contributed by atoms with Gasteiger partial charge in [-0.1, -0.05) is 72.3 Å². The molecule has 2 aliphatic carbocycles. The standard InChI is InChI=1S/C20H20/c1-14-7-9-16(10-8-14)20-18-12-11-17(13-18)19(20)15-5-3-2-4-6-15/h2-12,17-20H,13H2,1H3/t17-,18+,19+,20-/m1/s1. The van der Waals surface area contributed by atoms with Gasteiger partial charge >= 0.3 is 0 Å². The molecule has 0 heteroatoms. The molecular weight excluding hydrogens is 240 g/mol. The Morgan fingerprint density at radius 1 is 0.700 bits per heavy atom. The molecule has 100 valence electrons. The van der Waals surface area contributed by atoms with Crippen LogP contribution in [0.3, 0.4) is 0 Å². The number of benzene rings is 2. The van der Waals surface area contributed by atoms with Gasteiger partial charge in [-0.15, -0.1) is 0 Å². The Hall–Kier alpha value is -1.82. The Morgan fingerprint density at radius 3 is 1.85 bits per heavy atom. The summed E-state index contributed by atoms with van der Waals surface area (Å²) < 4.78 is 0. The summed E-state index contributed by atoms with van der Waals surface area (Å²) in [5.74, 6) is 2.78. The highest BCUT2D eigenvalue weighted by Crippen LogP contribution is 2.57. The van der Waals surface area contributed by atoms with E-state index in [1.165, 1.54) is 23.1 Å². The van der Waals surface area contributed by atoms with E-state index >= 15 is 0 Å². The second kappa shape index (κ2) is 4.63. The molecule has 2 aliphatic rings. The lowest BCUT2D eigenvalue weighted by molar-refractivity contribution is 0.509. The van der Waals surface area contributed by atoms with Crippen molar-refractivity contribution in [2.75, 3.05) is 0 Å². The van der Waals surface area contributed by atoms with Crippen LogP contribution in [0.1, 0.15) is 34.9 Å². The van der Waals surface area contributed by atoms with Crippen LogP contribution in [0.25, 0.3) is 0 Å². The maximum Gasteiger partial charge on any atom is -0.00243 e. The van der Waals surface area contributed by atoms with Gasteiger partial charge < -0.3 is 0 Å². The van der Waals surface area contributed by atoms with E-state index in [1.807, 2.05) is 0 Å². The van der Waals surface area contributed by atoms with Crippen molar-refractivity contribution in [1.82, 2.24) is 0 Å². The molecule has 0 saturated heterocycles. The van der Waals surface area contributed by atoms with Gasteiger partial charge in [0, 0.05) is 0 Å². The molecule has 4 rings (SSSR count). The molecule has 2 bridgehead atoms. The first-order chi connectivity index (χ1) is 9.83. The molecule has 0 radical (unpaired) electrons. The van der Waals surface area contributed by atoms with Crippen molar-refractivity contribution in [2.24, 2.45) is 11.8 Å². The first-order valence-corrected chi connectivity index (χ1v) is 7.63. The normalized spacial score (nSPS) is 30.9. The molecule has 0 unspecified atom stereocenters. The third kappa shape index (κ3) is 1.83. The number of hydrogen-bond donors (Lipinski definition) is 0. The highest BCUT2D eigenvalue weighted by Gasteiger charge is 2.45. The van der Waals surface area contributed by atoms with Crippen molar-refractivity contribution >= 4 is 0 Å². The SMILES string of the molecule is Cc1ccc([C@H]2[C@@H](c3ccccc3)[C@@H]3C=C[C@H]2C3)cc1. The highest BCUT2D eigenvalue weighted by atomic mass is 14.5. The fraction of sp³-hybridized carbons (Fsp3) is 0.300. The Kier molecular flexibility index (Phi) is 2.77. The van der Waals surface area contributed by atoms with E-state index in [9.17, 15) is 0 Å². The molecular formula is C20H20. The number of allylic oxidation sites excluding steroid dienone is 2. The van der Waals surface area contributed by atoms with Gasteiger partial charge in [0.15, 0.2) is 0 Å². The minimum Gasteiger partial charge on any atom is -0.0845 e.